The predicted octanol–water partition coefficient (Wildman–Crippen LogP) is 2.08. The van der Waals surface area contributed by atoms with Crippen molar-refractivity contribution in [2.24, 2.45) is 0 Å². The maximum Gasteiger partial charge on any atom is 0.356 e. The van der Waals surface area contributed by atoms with Crippen LogP contribution in [0.15, 0.2) is 18.3 Å². The Morgan fingerprint density at radius 1 is 1.53 bits per heavy atom. The van der Waals surface area contributed by atoms with Gasteiger partial charge in [-0.3, -0.25) is 4.40 Å². The molecule has 2 aromatic heterocycles. The molecule has 0 atom stereocenters. The first-order valence-corrected chi connectivity index (χ1v) is 4.74. The van der Waals surface area contributed by atoms with Gasteiger partial charge in [-0.05, 0) is 19.1 Å². The minimum atomic E-state index is -0.415. The molecule has 0 aliphatic heterocycles. The standard InChI is InChI=1S/C10H9ClN2O2/c1-6-9(10(14)15-2)13-5-7(11)3-4-8(13)12-6/h3-5H,1-2H3. The van der Waals surface area contributed by atoms with Crippen molar-refractivity contribution >= 4 is 23.2 Å². The Bertz CT molecular complexity index is 533. The third-order valence-electron chi connectivity index (χ3n) is 2.14. The van der Waals surface area contributed by atoms with Gasteiger partial charge in [-0.25, -0.2) is 9.78 Å². The molecule has 0 aromatic carbocycles. The first-order valence-electron chi connectivity index (χ1n) is 4.36. The van der Waals surface area contributed by atoms with Gasteiger partial charge in [0, 0.05) is 6.20 Å². The molecule has 0 radical (unpaired) electrons. The first-order chi connectivity index (χ1) is 7.13. The zero-order valence-corrected chi connectivity index (χ0v) is 9.08. The number of fused-ring (bicyclic) bond motifs is 1. The predicted molar refractivity (Wildman–Crippen MR) is 56.3 cm³/mol. The highest BCUT2D eigenvalue weighted by atomic mass is 35.5. The highest BCUT2D eigenvalue weighted by Gasteiger charge is 2.16. The summed E-state index contributed by atoms with van der Waals surface area (Å²) in [5.41, 5.74) is 1.72. The van der Waals surface area contributed by atoms with E-state index in [1.165, 1.54) is 7.11 Å². The first kappa shape index (κ1) is 9.98. The second-order valence-corrected chi connectivity index (χ2v) is 3.55. The van der Waals surface area contributed by atoms with Crippen molar-refractivity contribution in [3.8, 4) is 0 Å². The molecule has 0 fully saturated rings. The average molecular weight is 225 g/mol. The summed E-state index contributed by atoms with van der Waals surface area (Å²) in [5.74, 6) is -0.415. The minimum Gasteiger partial charge on any atom is -0.464 e. The summed E-state index contributed by atoms with van der Waals surface area (Å²) in [6.45, 7) is 1.76. The Morgan fingerprint density at radius 3 is 2.93 bits per heavy atom. The fraction of sp³-hybridized carbons (Fsp3) is 0.200. The fourth-order valence-corrected chi connectivity index (χ4v) is 1.64. The van der Waals surface area contributed by atoms with Gasteiger partial charge in [-0.1, -0.05) is 11.6 Å². The van der Waals surface area contributed by atoms with Crippen LogP contribution in [0.25, 0.3) is 5.65 Å². The number of halogens is 1. The van der Waals surface area contributed by atoms with Gasteiger partial charge in [0.25, 0.3) is 0 Å². The van der Waals surface area contributed by atoms with Crippen molar-refractivity contribution in [3.05, 3.63) is 34.7 Å². The summed E-state index contributed by atoms with van der Waals surface area (Å²) in [4.78, 5) is 15.7. The molecule has 2 aromatic rings. The second-order valence-electron chi connectivity index (χ2n) is 3.11. The van der Waals surface area contributed by atoms with Crippen LogP contribution >= 0.6 is 11.6 Å². The van der Waals surface area contributed by atoms with Crippen LogP contribution in [0.1, 0.15) is 16.2 Å². The number of pyridine rings is 1. The van der Waals surface area contributed by atoms with Gasteiger partial charge in [0.2, 0.25) is 0 Å². The van der Waals surface area contributed by atoms with Gasteiger partial charge < -0.3 is 4.74 Å². The Morgan fingerprint density at radius 2 is 2.27 bits per heavy atom. The lowest BCUT2D eigenvalue weighted by molar-refractivity contribution is 0.0592. The molecule has 0 aliphatic carbocycles. The maximum atomic E-state index is 11.5. The van der Waals surface area contributed by atoms with E-state index in [4.69, 9.17) is 11.6 Å². The lowest BCUT2D eigenvalue weighted by Crippen LogP contribution is -2.06. The zero-order chi connectivity index (χ0) is 11.0. The number of hydrogen-bond acceptors (Lipinski definition) is 3. The number of carbonyl (C=O) groups is 1. The van der Waals surface area contributed by atoms with Crippen molar-refractivity contribution in [2.75, 3.05) is 7.11 Å². The maximum absolute atomic E-state index is 11.5. The Balaban J connectivity index is 2.76. The molecular formula is C10H9ClN2O2. The SMILES string of the molecule is COC(=O)c1c(C)nc2ccc(Cl)cn12. The Hall–Kier alpha value is -1.55. The van der Waals surface area contributed by atoms with Crippen LogP contribution in [0.4, 0.5) is 0 Å². The number of imidazole rings is 1. The molecular weight excluding hydrogens is 216 g/mol. The fourth-order valence-electron chi connectivity index (χ4n) is 1.48. The van der Waals surface area contributed by atoms with Crippen LogP contribution in [0.5, 0.6) is 0 Å². The molecule has 0 saturated carbocycles. The number of nitrogens with zero attached hydrogens (tertiary/aromatic N) is 2. The third kappa shape index (κ3) is 1.57. The highest BCUT2D eigenvalue weighted by Crippen LogP contribution is 2.16. The summed E-state index contributed by atoms with van der Waals surface area (Å²) in [6.07, 6.45) is 1.64. The van der Waals surface area contributed by atoms with Crippen molar-refractivity contribution in [3.63, 3.8) is 0 Å². The Kier molecular flexibility index (Phi) is 2.36. The molecule has 78 valence electrons. The smallest absolute Gasteiger partial charge is 0.356 e. The molecule has 15 heavy (non-hydrogen) atoms. The lowest BCUT2D eigenvalue weighted by Gasteiger charge is -2.00. The topological polar surface area (TPSA) is 43.6 Å². The number of rotatable bonds is 1. The summed E-state index contributed by atoms with van der Waals surface area (Å²) >= 11 is 5.85. The van der Waals surface area contributed by atoms with E-state index in [0.717, 1.165) is 0 Å². The molecule has 0 bridgehead atoms. The van der Waals surface area contributed by atoms with Crippen molar-refractivity contribution in [1.82, 2.24) is 9.38 Å². The number of ether oxygens (including phenoxy) is 1. The van der Waals surface area contributed by atoms with E-state index in [0.29, 0.717) is 22.1 Å². The average Bonchev–Trinajstić information content (AvgIpc) is 2.52. The number of aromatic nitrogens is 2. The van der Waals surface area contributed by atoms with E-state index < -0.39 is 5.97 Å². The van der Waals surface area contributed by atoms with E-state index in [1.54, 1.807) is 29.7 Å². The van der Waals surface area contributed by atoms with Gasteiger partial charge in [-0.2, -0.15) is 0 Å². The molecule has 0 aliphatic rings. The van der Waals surface area contributed by atoms with E-state index in [-0.39, 0.29) is 0 Å². The molecule has 0 amide bonds. The van der Waals surface area contributed by atoms with Gasteiger partial charge in [-0.15, -0.1) is 0 Å². The monoisotopic (exact) mass is 224 g/mol. The molecule has 2 heterocycles. The quantitative estimate of drug-likeness (QED) is 0.697. The molecule has 4 nitrogen and oxygen atoms in total. The molecule has 5 heteroatoms. The van der Waals surface area contributed by atoms with Crippen LogP contribution in [-0.2, 0) is 4.74 Å². The summed E-state index contributed by atoms with van der Waals surface area (Å²) < 4.78 is 6.31. The van der Waals surface area contributed by atoms with Crippen LogP contribution in [0.3, 0.4) is 0 Å². The van der Waals surface area contributed by atoms with Crippen molar-refractivity contribution in [1.29, 1.82) is 0 Å². The van der Waals surface area contributed by atoms with E-state index >= 15 is 0 Å². The van der Waals surface area contributed by atoms with Gasteiger partial charge >= 0.3 is 5.97 Å². The summed E-state index contributed by atoms with van der Waals surface area (Å²) in [5, 5.41) is 0.546. The zero-order valence-electron chi connectivity index (χ0n) is 8.32. The molecule has 2 rings (SSSR count). The van der Waals surface area contributed by atoms with Crippen LogP contribution in [0.2, 0.25) is 5.02 Å². The Labute approximate surface area is 91.4 Å². The largest absolute Gasteiger partial charge is 0.464 e. The van der Waals surface area contributed by atoms with Crippen LogP contribution < -0.4 is 0 Å². The molecule has 0 saturated heterocycles. The lowest BCUT2D eigenvalue weighted by atomic mass is 10.3. The molecule has 0 spiro atoms. The van der Waals surface area contributed by atoms with Crippen LogP contribution in [-0.4, -0.2) is 22.5 Å². The highest BCUT2D eigenvalue weighted by molar-refractivity contribution is 6.30. The van der Waals surface area contributed by atoms with Crippen LogP contribution in [0, 0.1) is 6.92 Å². The van der Waals surface area contributed by atoms with Crippen molar-refractivity contribution in [2.45, 2.75) is 6.92 Å². The van der Waals surface area contributed by atoms with Gasteiger partial charge in [0.05, 0.1) is 17.8 Å². The number of methoxy groups -OCH3 is 1. The second kappa shape index (κ2) is 3.55. The molecule has 0 unspecified atom stereocenters. The third-order valence-corrected chi connectivity index (χ3v) is 2.36. The molecule has 0 N–H and O–H groups in total. The van der Waals surface area contributed by atoms with E-state index in [9.17, 15) is 4.79 Å². The van der Waals surface area contributed by atoms with Gasteiger partial charge in [0.1, 0.15) is 5.65 Å². The summed E-state index contributed by atoms with van der Waals surface area (Å²) in [7, 11) is 1.34. The van der Waals surface area contributed by atoms with Crippen molar-refractivity contribution < 1.29 is 9.53 Å². The van der Waals surface area contributed by atoms with Gasteiger partial charge in [0.15, 0.2) is 5.69 Å². The number of carbonyl (C=O) groups excluding carboxylic acids is 1. The minimum absolute atomic E-state index is 0.412. The number of aryl methyl sites for hydroxylation is 1. The summed E-state index contributed by atoms with van der Waals surface area (Å²) in [6, 6.07) is 3.48. The number of hydrogen-bond donors (Lipinski definition) is 0. The van der Waals surface area contributed by atoms with E-state index in [1.807, 2.05) is 0 Å². The van der Waals surface area contributed by atoms with E-state index in [2.05, 4.69) is 9.72 Å². The normalized spacial score (nSPS) is 10.6. The number of esters is 1.